The van der Waals surface area contributed by atoms with Gasteiger partial charge in [0.1, 0.15) is 0 Å². The van der Waals surface area contributed by atoms with Crippen LogP contribution >= 0.6 is 0 Å². The summed E-state index contributed by atoms with van der Waals surface area (Å²) in [4.78, 5) is 21.4. The van der Waals surface area contributed by atoms with Gasteiger partial charge in [0.2, 0.25) is 5.91 Å². The molecule has 0 aromatic carbocycles. The third kappa shape index (κ3) is 1.93. The summed E-state index contributed by atoms with van der Waals surface area (Å²) in [6.45, 7) is 0.594. The Bertz CT molecular complexity index is 206. The molecule has 5 N–H and O–H groups in total. The standard InChI is InChI=1S/C6H11N3O3/c7-4-2-12-1-3(4)5(10)9-6(8)11/h3-4H,1-2,7H2,(H3,8,9,10,11). The Morgan fingerprint density at radius 2 is 2.08 bits per heavy atom. The summed E-state index contributed by atoms with van der Waals surface area (Å²) in [6, 6.07) is -1.21. The van der Waals surface area contributed by atoms with Crippen LogP contribution in [-0.4, -0.2) is 31.2 Å². The molecule has 6 nitrogen and oxygen atoms in total. The van der Waals surface area contributed by atoms with Crippen LogP contribution in [0.2, 0.25) is 0 Å². The zero-order valence-corrected chi connectivity index (χ0v) is 6.45. The van der Waals surface area contributed by atoms with Crippen LogP contribution in [0.15, 0.2) is 0 Å². The second-order valence-corrected chi connectivity index (χ2v) is 2.66. The van der Waals surface area contributed by atoms with Crippen LogP contribution in [0.25, 0.3) is 0 Å². The predicted molar refractivity (Wildman–Crippen MR) is 40.0 cm³/mol. The van der Waals surface area contributed by atoms with E-state index < -0.39 is 17.9 Å². The Hall–Kier alpha value is -1.14. The lowest BCUT2D eigenvalue weighted by atomic mass is 10.0. The first-order chi connectivity index (χ1) is 5.61. The Morgan fingerprint density at radius 3 is 2.50 bits per heavy atom. The molecule has 0 saturated carbocycles. The maximum Gasteiger partial charge on any atom is 0.318 e. The average Bonchev–Trinajstić information content (AvgIpc) is 2.33. The van der Waals surface area contributed by atoms with E-state index in [2.05, 4.69) is 0 Å². The van der Waals surface area contributed by atoms with Crippen molar-refractivity contribution in [2.24, 2.45) is 17.4 Å². The van der Waals surface area contributed by atoms with Crippen molar-refractivity contribution < 1.29 is 14.3 Å². The van der Waals surface area contributed by atoms with E-state index in [1.165, 1.54) is 0 Å². The van der Waals surface area contributed by atoms with Crippen LogP contribution in [0.3, 0.4) is 0 Å². The van der Waals surface area contributed by atoms with E-state index in [9.17, 15) is 9.59 Å². The molecule has 68 valence electrons. The third-order valence-electron chi connectivity index (χ3n) is 1.71. The molecule has 1 heterocycles. The highest BCUT2D eigenvalue weighted by atomic mass is 16.5. The number of imide groups is 1. The minimum absolute atomic E-state index is 0.250. The lowest BCUT2D eigenvalue weighted by molar-refractivity contribution is -0.124. The molecule has 0 spiro atoms. The minimum Gasteiger partial charge on any atom is -0.379 e. The molecule has 12 heavy (non-hydrogen) atoms. The van der Waals surface area contributed by atoms with Gasteiger partial charge in [-0.15, -0.1) is 0 Å². The highest BCUT2D eigenvalue weighted by Crippen LogP contribution is 2.10. The van der Waals surface area contributed by atoms with Crippen molar-refractivity contribution in [3.05, 3.63) is 0 Å². The van der Waals surface area contributed by atoms with Gasteiger partial charge in [0.15, 0.2) is 0 Å². The number of amides is 3. The summed E-state index contributed by atoms with van der Waals surface area (Å²) in [7, 11) is 0. The van der Waals surface area contributed by atoms with Crippen LogP contribution in [0.5, 0.6) is 0 Å². The number of ether oxygens (including phenoxy) is 1. The number of nitrogens with two attached hydrogens (primary N) is 2. The van der Waals surface area contributed by atoms with Crippen molar-refractivity contribution in [3.63, 3.8) is 0 Å². The molecule has 2 atom stereocenters. The van der Waals surface area contributed by atoms with Gasteiger partial charge in [-0.05, 0) is 0 Å². The normalized spacial score (nSPS) is 28.4. The van der Waals surface area contributed by atoms with Gasteiger partial charge in [0.25, 0.3) is 0 Å². The zero-order valence-electron chi connectivity index (χ0n) is 6.45. The second kappa shape index (κ2) is 3.51. The third-order valence-corrected chi connectivity index (χ3v) is 1.71. The summed E-state index contributed by atoms with van der Waals surface area (Å²) in [5.74, 6) is -0.926. The molecule has 3 amide bonds. The van der Waals surface area contributed by atoms with Crippen LogP contribution in [-0.2, 0) is 9.53 Å². The smallest absolute Gasteiger partial charge is 0.318 e. The molecule has 1 aliphatic rings. The SMILES string of the molecule is NC(=O)NC(=O)C1COCC1N. The molecule has 6 heteroatoms. The molecule has 2 unspecified atom stereocenters. The number of carbonyl (C=O) groups excluding carboxylic acids is 2. The summed E-state index contributed by atoms with van der Waals surface area (Å²) in [6.07, 6.45) is 0. The van der Waals surface area contributed by atoms with Gasteiger partial charge in [0.05, 0.1) is 19.1 Å². The van der Waals surface area contributed by atoms with E-state index in [0.29, 0.717) is 6.61 Å². The molecule has 0 bridgehead atoms. The Labute approximate surface area is 69.2 Å². The lowest BCUT2D eigenvalue weighted by Crippen LogP contribution is -2.45. The van der Waals surface area contributed by atoms with E-state index in [4.69, 9.17) is 16.2 Å². The first-order valence-electron chi connectivity index (χ1n) is 3.55. The first-order valence-corrected chi connectivity index (χ1v) is 3.55. The molecule has 1 saturated heterocycles. The molecule has 0 radical (unpaired) electrons. The van der Waals surface area contributed by atoms with Gasteiger partial charge in [-0.3, -0.25) is 10.1 Å². The highest BCUT2D eigenvalue weighted by molar-refractivity contribution is 5.95. The number of nitrogens with one attached hydrogen (secondary N) is 1. The maximum absolute atomic E-state index is 11.1. The fraction of sp³-hybridized carbons (Fsp3) is 0.667. The van der Waals surface area contributed by atoms with Gasteiger partial charge in [-0.1, -0.05) is 0 Å². The average molecular weight is 173 g/mol. The van der Waals surface area contributed by atoms with Crippen molar-refractivity contribution in [2.45, 2.75) is 6.04 Å². The molecule has 0 aliphatic carbocycles. The first kappa shape index (κ1) is 8.95. The van der Waals surface area contributed by atoms with E-state index in [1.54, 1.807) is 0 Å². The predicted octanol–water partition coefficient (Wildman–Crippen LogP) is -1.84. The van der Waals surface area contributed by atoms with Gasteiger partial charge in [0, 0.05) is 6.04 Å². The number of rotatable bonds is 1. The Balaban J connectivity index is 2.46. The summed E-state index contributed by atoms with van der Waals surface area (Å²) in [5.41, 5.74) is 10.3. The largest absolute Gasteiger partial charge is 0.379 e. The zero-order chi connectivity index (χ0) is 9.14. The van der Waals surface area contributed by atoms with Crippen molar-refractivity contribution in [1.82, 2.24) is 5.32 Å². The van der Waals surface area contributed by atoms with E-state index >= 15 is 0 Å². The fourth-order valence-electron chi connectivity index (χ4n) is 1.06. The van der Waals surface area contributed by atoms with Crippen LogP contribution in [0.4, 0.5) is 4.79 Å². The van der Waals surface area contributed by atoms with Gasteiger partial charge < -0.3 is 16.2 Å². The van der Waals surface area contributed by atoms with E-state index in [0.717, 1.165) is 0 Å². The van der Waals surface area contributed by atoms with Crippen molar-refractivity contribution >= 4 is 11.9 Å². The highest BCUT2D eigenvalue weighted by Gasteiger charge is 2.31. The summed E-state index contributed by atoms with van der Waals surface area (Å²) in [5, 5.41) is 1.96. The number of hydrogen-bond donors (Lipinski definition) is 3. The minimum atomic E-state index is -0.862. The van der Waals surface area contributed by atoms with E-state index in [-0.39, 0.29) is 12.6 Å². The number of primary amides is 1. The molecule has 0 aromatic rings. The Kier molecular flexibility index (Phi) is 2.61. The molecule has 1 rings (SSSR count). The Morgan fingerprint density at radius 1 is 1.42 bits per heavy atom. The number of hydrogen-bond acceptors (Lipinski definition) is 4. The second-order valence-electron chi connectivity index (χ2n) is 2.66. The van der Waals surface area contributed by atoms with Crippen molar-refractivity contribution in [2.75, 3.05) is 13.2 Å². The van der Waals surface area contributed by atoms with Crippen molar-refractivity contribution in [1.29, 1.82) is 0 Å². The molecule has 1 aliphatic heterocycles. The molecular formula is C6H11N3O3. The van der Waals surface area contributed by atoms with Crippen molar-refractivity contribution in [3.8, 4) is 0 Å². The quantitative estimate of drug-likeness (QED) is 0.432. The number of carbonyl (C=O) groups is 2. The van der Waals surface area contributed by atoms with Crippen LogP contribution < -0.4 is 16.8 Å². The topological polar surface area (TPSA) is 107 Å². The lowest BCUT2D eigenvalue weighted by Gasteiger charge is -2.10. The monoisotopic (exact) mass is 173 g/mol. The van der Waals surface area contributed by atoms with Crippen LogP contribution in [0, 0.1) is 5.92 Å². The van der Waals surface area contributed by atoms with Gasteiger partial charge in [-0.2, -0.15) is 0 Å². The van der Waals surface area contributed by atoms with Gasteiger partial charge in [-0.25, -0.2) is 4.79 Å². The summed E-state index contributed by atoms with van der Waals surface area (Å²) < 4.78 is 4.93. The molecular weight excluding hydrogens is 162 g/mol. The van der Waals surface area contributed by atoms with Gasteiger partial charge >= 0.3 is 6.03 Å². The molecule has 1 fully saturated rings. The van der Waals surface area contributed by atoms with E-state index in [1.807, 2.05) is 5.32 Å². The van der Waals surface area contributed by atoms with Crippen LogP contribution in [0.1, 0.15) is 0 Å². The number of urea groups is 1. The fourth-order valence-corrected chi connectivity index (χ4v) is 1.06. The molecule has 0 aromatic heterocycles. The summed E-state index contributed by atoms with van der Waals surface area (Å²) >= 11 is 0. The maximum atomic E-state index is 11.1.